The van der Waals surface area contributed by atoms with Crippen molar-refractivity contribution in [3.63, 3.8) is 0 Å². The molecule has 0 unspecified atom stereocenters. The predicted octanol–water partition coefficient (Wildman–Crippen LogP) is 3.34. The molecule has 0 saturated carbocycles. The van der Waals surface area contributed by atoms with Crippen molar-refractivity contribution in [1.29, 1.82) is 0 Å². The zero-order chi connectivity index (χ0) is 16.9. The summed E-state index contributed by atoms with van der Waals surface area (Å²) in [6.45, 7) is 4.52. The molecule has 0 bridgehead atoms. The van der Waals surface area contributed by atoms with Gasteiger partial charge < -0.3 is 4.74 Å². The highest BCUT2D eigenvalue weighted by molar-refractivity contribution is 7.89. The van der Waals surface area contributed by atoms with E-state index in [1.807, 2.05) is 36.4 Å². The van der Waals surface area contributed by atoms with Crippen LogP contribution in [-0.4, -0.2) is 22.1 Å². The van der Waals surface area contributed by atoms with Crippen LogP contribution in [0.5, 0.6) is 5.75 Å². The Labute approximate surface area is 138 Å². The van der Waals surface area contributed by atoms with Crippen LogP contribution in [-0.2, 0) is 16.4 Å². The van der Waals surface area contributed by atoms with Gasteiger partial charge in [-0.3, -0.25) is 0 Å². The van der Waals surface area contributed by atoms with Gasteiger partial charge in [-0.15, -0.1) is 0 Å². The van der Waals surface area contributed by atoms with E-state index in [0.717, 1.165) is 16.9 Å². The average Bonchev–Trinajstić information content (AvgIpc) is 2.55. The van der Waals surface area contributed by atoms with Crippen LogP contribution in [0.3, 0.4) is 0 Å². The molecule has 0 radical (unpaired) electrons. The first-order valence-corrected chi connectivity index (χ1v) is 9.13. The van der Waals surface area contributed by atoms with Gasteiger partial charge in [-0.05, 0) is 47.7 Å². The molecular formula is C18H23NO3S. The van der Waals surface area contributed by atoms with Crippen molar-refractivity contribution >= 4 is 10.0 Å². The van der Waals surface area contributed by atoms with E-state index in [1.165, 1.54) is 0 Å². The van der Waals surface area contributed by atoms with Crippen LogP contribution in [0.25, 0.3) is 0 Å². The van der Waals surface area contributed by atoms with Crippen molar-refractivity contribution in [2.75, 3.05) is 13.7 Å². The van der Waals surface area contributed by atoms with Gasteiger partial charge in [0.15, 0.2) is 0 Å². The number of ether oxygens (including phenoxy) is 1. The molecule has 0 fully saturated rings. The first-order valence-electron chi connectivity index (χ1n) is 7.65. The highest BCUT2D eigenvalue weighted by Crippen LogP contribution is 2.17. The van der Waals surface area contributed by atoms with E-state index < -0.39 is 10.0 Å². The van der Waals surface area contributed by atoms with Crippen LogP contribution < -0.4 is 9.46 Å². The second-order valence-electron chi connectivity index (χ2n) is 5.72. The number of nitrogens with one attached hydrogen (secondary N) is 1. The minimum absolute atomic E-state index is 0.302. The Bertz CT molecular complexity index is 720. The molecule has 0 spiro atoms. The minimum atomic E-state index is -3.46. The Morgan fingerprint density at radius 3 is 2.13 bits per heavy atom. The van der Waals surface area contributed by atoms with Crippen molar-refractivity contribution < 1.29 is 13.2 Å². The van der Waals surface area contributed by atoms with Crippen molar-refractivity contribution in [3.05, 3.63) is 59.7 Å². The summed E-state index contributed by atoms with van der Waals surface area (Å²) < 4.78 is 32.3. The molecule has 0 aromatic heterocycles. The summed E-state index contributed by atoms with van der Waals surface area (Å²) >= 11 is 0. The van der Waals surface area contributed by atoms with Crippen molar-refractivity contribution in [2.24, 2.45) is 0 Å². The Hall–Kier alpha value is -1.85. The van der Waals surface area contributed by atoms with Crippen LogP contribution in [0.2, 0.25) is 0 Å². The molecule has 23 heavy (non-hydrogen) atoms. The predicted molar refractivity (Wildman–Crippen MR) is 92.4 cm³/mol. The number of benzene rings is 2. The van der Waals surface area contributed by atoms with E-state index >= 15 is 0 Å². The second-order valence-corrected chi connectivity index (χ2v) is 7.49. The fourth-order valence-corrected chi connectivity index (χ4v) is 3.27. The van der Waals surface area contributed by atoms with E-state index in [4.69, 9.17) is 4.74 Å². The molecule has 0 aliphatic rings. The molecule has 2 aromatic carbocycles. The standard InChI is InChI=1S/C18H23NO3S/c1-14(2)16-6-10-18(11-7-16)23(20,21)19-13-12-15-4-8-17(22-3)9-5-15/h4-11,14,19H,12-13H2,1-3H3. The third-order valence-electron chi connectivity index (χ3n) is 3.72. The van der Waals surface area contributed by atoms with E-state index in [1.54, 1.807) is 19.2 Å². The van der Waals surface area contributed by atoms with E-state index in [-0.39, 0.29) is 0 Å². The molecule has 0 amide bonds. The molecule has 0 atom stereocenters. The first-order chi connectivity index (χ1) is 10.9. The Morgan fingerprint density at radius 1 is 1.00 bits per heavy atom. The molecule has 5 heteroatoms. The van der Waals surface area contributed by atoms with Gasteiger partial charge >= 0.3 is 0 Å². The zero-order valence-electron chi connectivity index (χ0n) is 13.7. The molecule has 0 aliphatic heterocycles. The van der Waals surface area contributed by atoms with E-state index in [2.05, 4.69) is 18.6 Å². The molecule has 0 saturated heterocycles. The van der Waals surface area contributed by atoms with Gasteiger partial charge in [0, 0.05) is 6.54 Å². The summed E-state index contributed by atoms with van der Waals surface area (Å²) in [5, 5.41) is 0. The maximum absolute atomic E-state index is 12.3. The largest absolute Gasteiger partial charge is 0.497 e. The summed E-state index contributed by atoms with van der Waals surface area (Å²) in [4.78, 5) is 0.302. The summed E-state index contributed by atoms with van der Waals surface area (Å²) in [6.07, 6.45) is 0.632. The van der Waals surface area contributed by atoms with Crippen LogP contribution in [0, 0.1) is 0 Å². The maximum Gasteiger partial charge on any atom is 0.240 e. The number of hydrogen-bond acceptors (Lipinski definition) is 3. The zero-order valence-corrected chi connectivity index (χ0v) is 14.6. The quantitative estimate of drug-likeness (QED) is 0.845. The molecule has 124 valence electrons. The molecule has 1 N–H and O–H groups in total. The van der Waals surface area contributed by atoms with Crippen LogP contribution >= 0.6 is 0 Å². The van der Waals surface area contributed by atoms with Crippen LogP contribution in [0.15, 0.2) is 53.4 Å². The molecule has 4 nitrogen and oxygen atoms in total. The monoisotopic (exact) mass is 333 g/mol. The summed E-state index contributed by atoms with van der Waals surface area (Å²) in [6, 6.07) is 14.7. The molecular weight excluding hydrogens is 310 g/mol. The van der Waals surface area contributed by atoms with Crippen LogP contribution in [0.4, 0.5) is 0 Å². The Balaban J connectivity index is 1.95. The summed E-state index contributed by atoms with van der Waals surface area (Å²) in [7, 11) is -1.84. The fourth-order valence-electron chi connectivity index (χ4n) is 2.24. The molecule has 2 rings (SSSR count). The number of rotatable bonds is 7. The number of methoxy groups -OCH3 is 1. The van der Waals surface area contributed by atoms with Gasteiger partial charge in [-0.2, -0.15) is 0 Å². The maximum atomic E-state index is 12.3. The van der Waals surface area contributed by atoms with Gasteiger partial charge in [0.1, 0.15) is 5.75 Å². The molecule has 0 heterocycles. The van der Waals surface area contributed by atoms with Gasteiger partial charge in [-0.1, -0.05) is 38.1 Å². The fraction of sp³-hybridized carbons (Fsp3) is 0.333. The highest BCUT2D eigenvalue weighted by Gasteiger charge is 2.13. The van der Waals surface area contributed by atoms with Crippen molar-refractivity contribution in [2.45, 2.75) is 31.1 Å². The Kier molecular flexibility index (Phi) is 5.80. The Morgan fingerprint density at radius 2 is 1.61 bits per heavy atom. The minimum Gasteiger partial charge on any atom is -0.497 e. The molecule has 2 aromatic rings. The normalized spacial score (nSPS) is 11.7. The van der Waals surface area contributed by atoms with Gasteiger partial charge in [-0.25, -0.2) is 13.1 Å². The molecule has 0 aliphatic carbocycles. The second kappa shape index (κ2) is 7.62. The number of sulfonamides is 1. The van der Waals surface area contributed by atoms with E-state index in [9.17, 15) is 8.42 Å². The smallest absolute Gasteiger partial charge is 0.240 e. The lowest BCUT2D eigenvalue weighted by Crippen LogP contribution is -2.26. The topological polar surface area (TPSA) is 55.4 Å². The SMILES string of the molecule is COc1ccc(CCNS(=O)(=O)c2ccc(C(C)C)cc2)cc1. The average molecular weight is 333 g/mol. The highest BCUT2D eigenvalue weighted by atomic mass is 32.2. The third kappa shape index (κ3) is 4.81. The van der Waals surface area contributed by atoms with Crippen molar-refractivity contribution in [1.82, 2.24) is 4.72 Å². The van der Waals surface area contributed by atoms with Crippen LogP contribution in [0.1, 0.15) is 30.9 Å². The van der Waals surface area contributed by atoms with Gasteiger partial charge in [0.2, 0.25) is 10.0 Å². The lowest BCUT2D eigenvalue weighted by Gasteiger charge is -2.09. The third-order valence-corrected chi connectivity index (χ3v) is 5.20. The summed E-state index contributed by atoms with van der Waals surface area (Å²) in [5.41, 5.74) is 2.19. The van der Waals surface area contributed by atoms with Gasteiger partial charge in [0.25, 0.3) is 0 Å². The summed E-state index contributed by atoms with van der Waals surface area (Å²) in [5.74, 6) is 1.18. The first kappa shape index (κ1) is 17.5. The van der Waals surface area contributed by atoms with Crippen molar-refractivity contribution in [3.8, 4) is 5.75 Å². The lowest BCUT2D eigenvalue weighted by atomic mass is 10.0. The number of hydrogen-bond donors (Lipinski definition) is 1. The van der Waals surface area contributed by atoms with Gasteiger partial charge in [0.05, 0.1) is 12.0 Å². The van der Waals surface area contributed by atoms with E-state index in [0.29, 0.717) is 23.8 Å². The lowest BCUT2D eigenvalue weighted by molar-refractivity contribution is 0.414.